The molecule has 33 heavy (non-hydrogen) atoms. The van der Waals surface area contributed by atoms with E-state index in [-0.39, 0.29) is 12.0 Å². The smallest absolute Gasteiger partial charge is 0.133 e. The third-order valence-electron chi connectivity index (χ3n) is 6.32. The van der Waals surface area contributed by atoms with Gasteiger partial charge in [-0.2, -0.15) is 5.26 Å². The highest BCUT2D eigenvalue weighted by molar-refractivity contribution is 5.57. The fraction of sp³-hybridized carbons (Fsp3) is 0.560. The lowest BCUT2D eigenvalue weighted by Gasteiger charge is -2.47. The summed E-state index contributed by atoms with van der Waals surface area (Å²) in [6.45, 7) is 4.50. The zero-order valence-electron chi connectivity index (χ0n) is 19.7. The molecular formula is C25H34F2N6. The number of aromatic nitrogens is 2. The molecule has 1 aliphatic carbocycles. The van der Waals surface area contributed by atoms with Crippen LogP contribution in [-0.4, -0.2) is 35.4 Å². The van der Waals surface area contributed by atoms with E-state index in [1.165, 1.54) is 6.42 Å². The van der Waals surface area contributed by atoms with Gasteiger partial charge in [-0.1, -0.05) is 20.8 Å². The number of anilines is 2. The summed E-state index contributed by atoms with van der Waals surface area (Å²) in [5, 5.41) is 9.88. The summed E-state index contributed by atoms with van der Waals surface area (Å²) >= 11 is 0. The van der Waals surface area contributed by atoms with Crippen molar-refractivity contribution in [1.82, 2.24) is 15.4 Å². The van der Waals surface area contributed by atoms with Crippen molar-refractivity contribution in [1.29, 1.82) is 5.26 Å². The van der Waals surface area contributed by atoms with Crippen molar-refractivity contribution < 1.29 is 8.78 Å². The van der Waals surface area contributed by atoms with Gasteiger partial charge < -0.3 is 10.3 Å². The van der Waals surface area contributed by atoms with Crippen molar-refractivity contribution in [2.75, 3.05) is 23.7 Å². The van der Waals surface area contributed by atoms with E-state index >= 15 is 0 Å². The summed E-state index contributed by atoms with van der Waals surface area (Å²) in [5.41, 5.74) is 9.10. The van der Waals surface area contributed by atoms with Gasteiger partial charge in [0.1, 0.15) is 19.2 Å². The lowest BCUT2D eigenvalue weighted by molar-refractivity contribution is 0.320. The largest absolute Gasteiger partial charge is 0.345 e. The Balaban J connectivity index is 0.00000149. The van der Waals surface area contributed by atoms with Crippen LogP contribution in [0, 0.1) is 11.3 Å². The van der Waals surface area contributed by atoms with Crippen LogP contribution < -0.4 is 15.8 Å². The Labute approximate surface area is 195 Å². The van der Waals surface area contributed by atoms with E-state index in [1.807, 2.05) is 32.2 Å². The van der Waals surface area contributed by atoms with Crippen molar-refractivity contribution >= 4 is 11.5 Å². The van der Waals surface area contributed by atoms with Gasteiger partial charge in [0.15, 0.2) is 0 Å². The van der Waals surface area contributed by atoms with Gasteiger partial charge in [0, 0.05) is 17.8 Å². The molecule has 6 nitrogen and oxygen atoms in total. The Morgan fingerprint density at radius 1 is 1.18 bits per heavy atom. The van der Waals surface area contributed by atoms with Gasteiger partial charge >= 0.3 is 0 Å². The highest BCUT2D eigenvalue weighted by Gasteiger charge is 2.40. The summed E-state index contributed by atoms with van der Waals surface area (Å²) in [7, 11) is 0. The Morgan fingerprint density at radius 2 is 1.94 bits per heavy atom. The second-order valence-electron chi connectivity index (χ2n) is 8.28. The molecule has 4 rings (SSSR count). The number of hydrogen-bond acceptors (Lipinski definition) is 6. The maximum absolute atomic E-state index is 12.7. The van der Waals surface area contributed by atoms with Crippen LogP contribution >= 0.6 is 0 Å². The minimum absolute atomic E-state index is 0.0335. The minimum atomic E-state index is -0.890. The Bertz CT molecular complexity index is 921. The standard InChI is InChI=1S/C23H28F2N6.C2H6/c1-2-15-8-20-16(12-26)9-22(31(19-4-3-5-19)23(20)28-13-15)21-7-6-17(14-27-21)29-30-18(10-24)11-25;1-2/h6-8,13-14,16,18-19,22,29-30H,2-5,9-11H2,1H3;1-2H3. The van der Waals surface area contributed by atoms with Gasteiger partial charge in [-0.15, -0.1) is 0 Å². The maximum atomic E-state index is 12.7. The molecule has 0 spiro atoms. The van der Waals surface area contributed by atoms with Gasteiger partial charge in [0.05, 0.1) is 41.6 Å². The second-order valence-corrected chi connectivity index (χ2v) is 8.28. The summed E-state index contributed by atoms with van der Waals surface area (Å²) in [6, 6.07) is 7.85. The maximum Gasteiger partial charge on any atom is 0.133 e. The number of fused-ring (bicyclic) bond motifs is 1. The zero-order valence-corrected chi connectivity index (χ0v) is 19.7. The van der Waals surface area contributed by atoms with Crippen molar-refractivity contribution in [3.05, 3.63) is 47.4 Å². The van der Waals surface area contributed by atoms with Gasteiger partial charge in [0.2, 0.25) is 0 Å². The molecule has 2 atom stereocenters. The van der Waals surface area contributed by atoms with Crippen molar-refractivity contribution in [2.45, 2.75) is 76.9 Å². The first kappa shape index (κ1) is 24.8. The molecule has 2 N–H and O–H groups in total. The number of alkyl halides is 2. The molecule has 2 unspecified atom stereocenters. The van der Waals surface area contributed by atoms with Crippen LogP contribution in [0.1, 0.15) is 75.2 Å². The van der Waals surface area contributed by atoms with Crippen molar-refractivity contribution in [2.24, 2.45) is 0 Å². The number of hydrogen-bond donors (Lipinski definition) is 2. The van der Waals surface area contributed by atoms with Crippen LogP contribution in [-0.2, 0) is 6.42 Å². The minimum Gasteiger partial charge on any atom is -0.345 e. The van der Waals surface area contributed by atoms with Crippen molar-refractivity contribution in [3.8, 4) is 6.07 Å². The number of halogens is 2. The Hall–Kier alpha value is -2.79. The molecule has 2 aliphatic rings. The molecular weight excluding hydrogens is 422 g/mol. The van der Waals surface area contributed by atoms with Crippen LogP contribution in [0.25, 0.3) is 0 Å². The van der Waals surface area contributed by atoms with Gasteiger partial charge in [-0.05, 0) is 55.9 Å². The quantitative estimate of drug-likeness (QED) is 0.518. The molecule has 1 fully saturated rings. The van der Waals surface area contributed by atoms with E-state index in [0.29, 0.717) is 18.2 Å². The molecule has 0 saturated heterocycles. The van der Waals surface area contributed by atoms with E-state index in [0.717, 1.165) is 41.9 Å². The predicted molar refractivity (Wildman–Crippen MR) is 128 cm³/mol. The number of nitrogens with one attached hydrogen (secondary N) is 2. The van der Waals surface area contributed by atoms with Crippen LogP contribution in [0.5, 0.6) is 0 Å². The van der Waals surface area contributed by atoms with Gasteiger partial charge in [-0.3, -0.25) is 4.98 Å². The monoisotopic (exact) mass is 456 g/mol. The number of nitriles is 1. The fourth-order valence-electron chi connectivity index (χ4n) is 4.25. The topological polar surface area (TPSA) is 76.9 Å². The second kappa shape index (κ2) is 11.9. The summed E-state index contributed by atoms with van der Waals surface area (Å²) in [5.74, 6) is 0.676. The third-order valence-corrected chi connectivity index (χ3v) is 6.32. The third kappa shape index (κ3) is 5.41. The SMILES string of the molecule is CC.CCc1cnc2c(c1)C(C#N)CC(c1ccc(NNC(CF)CF)cn1)N2C1CCC1. The molecule has 2 aromatic heterocycles. The molecule has 1 saturated carbocycles. The molecule has 8 heteroatoms. The van der Waals surface area contributed by atoms with E-state index in [9.17, 15) is 14.0 Å². The first-order valence-corrected chi connectivity index (χ1v) is 11.9. The van der Waals surface area contributed by atoms with E-state index in [4.69, 9.17) is 4.98 Å². The molecule has 0 bridgehead atoms. The number of pyridine rings is 2. The fourth-order valence-corrected chi connectivity index (χ4v) is 4.25. The first-order valence-electron chi connectivity index (χ1n) is 11.9. The molecule has 0 amide bonds. The van der Waals surface area contributed by atoms with Crippen molar-refractivity contribution in [3.63, 3.8) is 0 Å². The lowest BCUT2D eigenvalue weighted by atomic mass is 9.81. The molecule has 3 heterocycles. The van der Waals surface area contributed by atoms with Gasteiger partial charge in [-0.25, -0.2) is 19.2 Å². The predicted octanol–water partition coefficient (Wildman–Crippen LogP) is 5.40. The molecule has 2 aromatic rings. The normalized spacial score (nSPS) is 19.7. The van der Waals surface area contributed by atoms with Crippen LogP contribution in [0.2, 0.25) is 0 Å². The van der Waals surface area contributed by atoms with E-state index in [2.05, 4.69) is 39.8 Å². The number of nitrogens with zero attached hydrogens (tertiary/aromatic N) is 4. The highest BCUT2D eigenvalue weighted by atomic mass is 19.1. The highest BCUT2D eigenvalue weighted by Crippen LogP contribution is 2.47. The number of hydrazine groups is 1. The zero-order chi connectivity index (χ0) is 23.8. The summed E-state index contributed by atoms with van der Waals surface area (Å²) in [4.78, 5) is 11.8. The molecule has 0 aromatic carbocycles. The Morgan fingerprint density at radius 3 is 2.48 bits per heavy atom. The molecule has 1 aliphatic heterocycles. The summed E-state index contributed by atoms with van der Waals surface area (Å²) < 4.78 is 25.3. The lowest BCUT2D eigenvalue weighted by Crippen LogP contribution is -2.46. The van der Waals surface area contributed by atoms with Crippen LogP contribution in [0.15, 0.2) is 30.6 Å². The average Bonchev–Trinajstić information content (AvgIpc) is 2.85. The average molecular weight is 457 g/mol. The number of aryl methyl sites for hydroxylation is 1. The first-order chi connectivity index (χ1) is 16.2. The van der Waals surface area contributed by atoms with E-state index in [1.54, 1.807) is 6.20 Å². The summed E-state index contributed by atoms with van der Waals surface area (Å²) in [6.07, 6.45) is 8.55. The Kier molecular flexibility index (Phi) is 8.95. The van der Waals surface area contributed by atoms with Crippen LogP contribution in [0.4, 0.5) is 20.3 Å². The number of rotatable bonds is 8. The molecule has 0 radical (unpaired) electrons. The van der Waals surface area contributed by atoms with E-state index < -0.39 is 19.4 Å². The van der Waals surface area contributed by atoms with Gasteiger partial charge in [0.25, 0.3) is 0 Å². The molecule has 178 valence electrons. The van der Waals surface area contributed by atoms with Crippen LogP contribution in [0.3, 0.4) is 0 Å².